The second-order valence-corrected chi connectivity index (χ2v) is 8.55. The van der Waals surface area contributed by atoms with Gasteiger partial charge in [0.05, 0.1) is 27.6 Å². The fourth-order valence-electron chi connectivity index (χ4n) is 2.35. The van der Waals surface area contributed by atoms with Crippen molar-refractivity contribution in [1.29, 1.82) is 0 Å². The average Bonchev–Trinajstić information content (AvgIpc) is 3.07. The van der Waals surface area contributed by atoms with Crippen molar-refractivity contribution in [2.24, 2.45) is 0 Å². The number of non-ortho nitro benzene ring substituents is 1. The number of hydrogen-bond donors (Lipinski definition) is 1. The number of para-hydroxylation sites is 1. The molecular formula is C17H11F3N4O3S3. The van der Waals surface area contributed by atoms with Crippen molar-refractivity contribution in [2.45, 2.75) is 10.5 Å². The van der Waals surface area contributed by atoms with E-state index in [-0.39, 0.29) is 5.75 Å². The zero-order valence-electron chi connectivity index (χ0n) is 14.8. The fraction of sp³-hybridized carbons (Fsp3) is 0.118. The molecule has 2 aromatic carbocycles. The molecule has 0 aliphatic carbocycles. The van der Waals surface area contributed by atoms with Crippen LogP contribution in [0, 0.1) is 14.1 Å². The molecule has 0 aliphatic heterocycles. The summed E-state index contributed by atoms with van der Waals surface area (Å²) in [6, 6.07) is 11.2. The van der Waals surface area contributed by atoms with Gasteiger partial charge < -0.3 is 5.32 Å². The maximum Gasteiger partial charge on any atom is 0.418 e. The lowest BCUT2D eigenvalue weighted by Gasteiger charge is -2.13. The van der Waals surface area contributed by atoms with E-state index in [9.17, 15) is 28.1 Å². The summed E-state index contributed by atoms with van der Waals surface area (Å²) in [5.74, 6) is -0.933. The number of aromatic nitrogens is 2. The highest BCUT2D eigenvalue weighted by atomic mass is 32.2. The smallest absolute Gasteiger partial charge is 0.325 e. The molecule has 13 heteroatoms. The number of rotatable bonds is 6. The van der Waals surface area contributed by atoms with Crippen molar-refractivity contribution in [2.75, 3.05) is 11.1 Å². The summed E-state index contributed by atoms with van der Waals surface area (Å²) in [7, 11) is 0. The normalized spacial score (nSPS) is 11.3. The number of carbonyl (C=O) groups excluding carboxylic acids is 1. The number of anilines is 1. The molecule has 0 atom stereocenters. The maximum absolute atomic E-state index is 13.2. The van der Waals surface area contributed by atoms with Crippen LogP contribution in [0.5, 0.6) is 0 Å². The molecule has 0 radical (unpaired) electrons. The third-order valence-electron chi connectivity index (χ3n) is 3.65. The van der Waals surface area contributed by atoms with Gasteiger partial charge in [0.15, 0.2) is 8.29 Å². The lowest BCUT2D eigenvalue weighted by molar-refractivity contribution is -0.385. The predicted molar refractivity (Wildman–Crippen MR) is 110 cm³/mol. The van der Waals surface area contributed by atoms with Crippen molar-refractivity contribution < 1.29 is 22.9 Å². The molecule has 3 aromatic rings. The van der Waals surface area contributed by atoms with Gasteiger partial charge in [-0.05, 0) is 30.4 Å². The lowest BCUT2D eigenvalue weighted by Crippen LogP contribution is -2.18. The Hall–Kier alpha value is -2.77. The number of benzene rings is 2. The number of amides is 1. The number of nitrogens with one attached hydrogen (secondary N) is 1. The molecule has 1 amide bonds. The summed E-state index contributed by atoms with van der Waals surface area (Å²) in [4.78, 5) is 22.0. The zero-order valence-corrected chi connectivity index (χ0v) is 17.2. The summed E-state index contributed by atoms with van der Waals surface area (Å²) in [5.41, 5.74) is -1.82. The van der Waals surface area contributed by atoms with Crippen LogP contribution in [0.25, 0.3) is 5.69 Å². The second kappa shape index (κ2) is 8.93. The first-order valence-electron chi connectivity index (χ1n) is 8.09. The van der Waals surface area contributed by atoms with E-state index < -0.39 is 33.9 Å². The largest absolute Gasteiger partial charge is 0.418 e. The topological polar surface area (TPSA) is 90.1 Å². The first-order valence-corrected chi connectivity index (χ1v) is 10.3. The van der Waals surface area contributed by atoms with Gasteiger partial charge >= 0.3 is 6.18 Å². The minimum absolute atomic E-state index is 0.217. The first kappa shape index (κ1) is 21.9. The van der Waals surface area contributed by atoms with Crippen molar-refractivity contribution >= 4 is 52.6 Å². The third kappa shape index (κ3) is 5.23. The highest BCUT2D eigenvalue weighted by molar-refractivity contribution is 8.01. The highest BCUT2D eigenvalue weighted by Crippen LogP contribution is 2.37. The van der Waals surface area contributed by atoms with Crippen LogP contribution in [0.3, 0.4) is 0 Å². The van der Waals surface area contributed by atoms with Crippen LogP contribution < -0.4 is 5.32 Å². The van der Waals surface area contributed by atoms with Gasteiger partial charge in [0.2, 0.25) is 5.91 Å². The van der Waals surface area contributed by atoms with Crippen molar-refractivity contribution in [3.63, 3.8) is 0 Å². The minimum Gasteiger partial charge on any atom is -0.325 e. The Morgan fingerprint density at radius 3 is 2.60 bits per heavy atom. The number of thioether (sulfide) groups is 1. The molecular weight excluding hydrogens is 461 g/mol. The molecule has 0 saturated carbocycles. The SMILES string of the molecule is O=C(CSc1nn(-c2ccccc2)c(=S)s1)Nc1ccc([N+](=O)[O-])cc1C(F)(F)F. The number of halogens is 3. The first-order chi connectivity index (χ1) is 14.1. The van der Waals surface area contributed by atoms with Crippen LogP contribution in [0.4, 0.5) is 24.5 Å². The number of alkyl halides is 3. The molecule has 0 spiro atoms. The van der Waals surface area contributed by atoms with Crippen LogP contribution in [0.15, 0.2) is 52.9 Å². The van der Waals surface area contributed by atoms with Crippen molar-refractivity contribution in [3.8, 4) is 5.69 Å². The predicted octanol–water partition coefficient (Wildman–Crippen LogP) is 5.32. The van der Waals surface area contributed by atoms with Gasteiger partial charge in [-0.3, -0.25) is 14.9 Å². The number of nitro groups is 1. The Balaban J connectivity index is 1.71. The van der Waals surface area contributed by atoms with Gasteiger partial charge in [0.1, 0.15) is 0 Å². The number of nitrogens with zero attached hydrogens (tertiary/aromatic N) is 3. The van der Waals surface area contributed by atoms with Crippen LogP contribution in [0.1, 0.15) is 5.56 Å². The van der Waals surface area contributed by atoms with Gasteiger partial charge in [0.25, 0.3) is 5.69 Å². The Kier molecular flexibility index (Phi) is 6.53. The molecule has 0 unspecified atom stereocenters. The standard InChI is InChI=1S/C17H11F3N4O3S3/c18-17(19,20)12-8-11(24(26)27)6-7-13(12)21-14(25)9-29-15-22-23(16(28)30-15)10-4-2-1-3-5-10/h1-8H,9H2,(H,21,25). The molecule has 1 heterocycles. The van der Waals surface area contributed by atoms with E-state index in [1.807, 2.05) is 30.3 Å². The minimum atomic E-state index is -4.87. The van der Waals surface area contributed by atoms with E-state index in [1.54, 1.807) is 0 Å². The van der Waals surface area contributed by atoms with Gasteiger partial charge in [-0.1, -0.05) is 41.3 Å². The fourth-order valence-corrected chi connectivity index (χ4v) is 4.52. The van der Waals surface area contributed by atoms with E-state index >= 15 is 0 Å². The second-order valence-electron chi connectivity index (χ2n) is 5.70. The van der Waals surface area contributed by atoms with Gasteiger partial charge in [-0.25, -0.2) is 4.68 Å². The molecule has 1 aromatic heterocycles. The van der Waals surface area contributed by atoms with Crippen LogP contribution in [0.2, 0.25) is 0 Å². The monoisotopic (exact) mass is 472 g/mol. The Morgan fingerprint density at radius 2 is 1.97 bits per heavy atom. The maximum atomic E-state index is 13.2. The number of carbonyl (C=O) groups is 1. The molecule has 0 bridgehead atoms. The molecule has 156 valence electrons. The quantitative estimate of drug-likeness (QED) is 0.226. The molecule has 1 N–H and O–H groups in total. The van der Waals surface area contributed by atoms with E-state index in [4.69, 9.17) is 12.2 Å². The van der Waals surface area contributed by atoms with E-state index in [1.165, 1.54) is 4.68 Å². The Labute approximate surface area is 180 Å². The van der Waals surface area contributed by atoms with Crippen LogP contribution in [-0.4, -0.2) is 26.4 Å². The van der Waals surface area contributed by atoms with Crippen LogP contribution in [-0.2, 0) is 11.0 Å². The van der Waals surface area contributed by atoms with Gasteiger partial charge in [-0.15, -0.1) is 5.10 Å². The van der Waals surface area contributed by atoms with E-state index in [2.05, 4.69) is 10.4 Å². The highest BCUT2D eigenvalue weighted by Gasteiger charge is 2.35. The summed E-state index contributed by atoms with van der Waals surface area (Å²) < 4.78 is 42.1. The summed E-state index contributed by atoms with van der Waals surface area (Å²) in [6.45, 7) is 0. The van der Waals surface area contributed by atoms with Gasteiger partial charge in [0, 0.05) is 12.1 Å². The summed E-state index contributed by atoms with van der Waals surface area (Å²) in [5, 5.41) is 17.2. The molecule has 0 fully saturated rings. The Morgan fingerprint density at radius 1 is 1.27 bits per heavy atom. The molecule has 7 nitrogen and oxygen atoms in total. The molecule has 0 saturated heterocycles. The average molecular weight is 472 g/mol. The van der Waals surface area contributed by atoms with E-state index in [0.717, 1.165) is 40.9 Å². The third-order valence-corrected chi connectivity index (χ3v) is 6.02. The van der Waals surface area contributed by atoms with Gasteiger partial charge in [-0.2, -0.15) is 13.2 Å². The van der Waals surface area contributed by atoms with E-state index in [0.29, 0.717) is 14.4 Å². The zero-order chi connectivity index (χ0) is 21.9. The summed E-state index contributed by atoms with van der Waals surface area (Å²) >= 11 is 7.44. The molecule has 3 rings (SSSR count). The van der Waals surface area contributed by atoms with Crippen LogP contribution >= 0.6 is 35.3 Å². The Bertz CT molecular complexity index is 1150. The molecule has 30 heavy (non-hydrogen) atoms. The number of nitro benzene ring substituents is 1. The lowest BCUT2D eigenvalue weighted by atomic mass is 10.1. The number of hydrogen-bond acceptors (Lipinski definition) is 7. The van der Waals surface area contributed by atoms with Crippen molar-refractivity contribution in [1.82, 2.24) is 9.78 Å². The van der Waals surface area contributed by atoms with Crippen molar-refractivity contribution in [3.05, 3.63) is 68.2 Å². The summed E-state index contributed by atoms with van der Waals surface area (Å²) in [6.07, 6.45) is -4.87. The molecule has 0 aliphatic rings.